The zero-order valence-corrected chi connectivity index (χ0v) is 21.9. The van der Waals surface area contributed by atoms with Crippen molar-refractivity contribution in [2.24, 2.45) is 0 Å². The van der Waals surface area contributed by atoms with Crippen LogP contribution in [0.4, 0.5) is 5.13 Å². The maximum Gasteiger partial charge on any atom is 0.301 e. The lowest BCUT2D eigenvalue weighted by Gasteiger charge is -2.23. The largest absolute Gasteiger partial charge is 0.507 e. The van der Waals surface area contributed by atoms with E-state index in [4.69, 9.17) is 18.9 Å². The van der Waals surface area contributed by atoms with Gasteiger partial charge in [0.2, 0.25) is 0 Å². The number of amides is 1. The Kier molecular flexibility index (Phi) is 6.64. The van der Waals surface area contributed by atoms with E-state index in [1.54, 1.807) is 61.7 Å². The Morgan fingerprint density at radius 2 is 1.53 bits per heavy atom. The molecule has 2 heterocycles. The Balaban J connectivity index is 1.72. The molecule has 10 heteroatoms. The van der Waals surface area contributed by atoms with Gasteiger partial charge in [0.25, 0.3) is 5.78 Å². The summed E-state index contributed by atoms with van der Waals surface area (Å²) in [5, 5.41) is 11.7. The molecule has 1 aliphatic heterocycles. The zero-order valence-electron chi connectivity index (χ0n) is 21.1. The van der Waals surface area contributed by atoms with Gasteiger partial charge >= 0.3 is 5.91 Å². The van der Waals surface area contributed by atoms with Gasteiger partial charge in [-0.3, -0.25) is 14.5 Å². The first-order valence-corrected chi connectivity index (χ1v) is 12.3. The number of thiazole rings is 1. The Bertz CT molecular complexity index is 1580. The number of methoxy groups -OCH3 is 4. The highest BCUT2D eigenvalue weighted by atomic mass is 32.1. The summed E-state index contributed by atoms with van der Waals surface area (Å²) in [5.74, 6) is 0.190. The van der Waals surface area contributed by atoms with Crippen molar-refractivity contribution in [3.63, 3.8) is 0 Å². The maximum atomic E-state index is 13.5. The van der Waals surface area contributed by atoms with Gasteiger partial charge in [-0.15, -0.1) is 0 Å². The molecule has 0 radical (unpaired) electrons. The van der Waals surface area contributed by atoms with Crippen molar-refractivity contribution in [1.82, 2.24) is 4.98 Å². The number of aliphatic hydroxyl groups is 1. The van der Waals surface area contributed by atoms with Crippen LogP contribution >= 0.6 is 11.3 Å². The van der Waals surface area contributed by atoms with Gasteiger partial charge in [0.15, 0.2) is 16.6 Å². The zero-order chi connectivity index (χ0) is 27.0. The van der Waals surface area contributed by atoms with E-state index in [1.165, 1.54) is 37.6 Å². The van der Waals surface area contributed by atoms with Crippen LogP contribution in [0.2, 0.25) is 0 Å². The van der Waals surface area contributed by atoms with Crippen LogP contribution in [-0.2, 0) is 9.59 Å². The number of hydrogen-bond acceptors (Lipinski definition) is 9. The van der Waals surface area contributed by atoms with Crippen LogP contribution in [0.5, 0.6) is 23.0 Å². The molecule has 0 saturated carbocycles. The summed E-state index contributed by atoms with van der Waals surface area (Å²) in [6, 6.07) is 16.1. The second-order valence-corrected chi connectivity index (χ2v) is 9.35. The van der Waals surface area contributed by atoms with Crippen LogP contribution in [0, 0.1) is 0 Å². The fraction of sp³-hybridized carbons (Fsp3) is 0.179. The molecule has 1 unspecified atom stereocenters. The molecule has 3 aromatic carbocycles. The summed E-state index contributed by atoms with van der Waals surface area (Å²) in [5.41, 5.74) is 1.48. The molecule has 1 fully saturated rings. The van der Waals surface area contributed by atoms with Crippen LogP contribution < -0.4 is 23.8 Å². The van der Waals surface area contributed by atoms with Crippen molar-refractivity contribution in [2.75, 3.05) is 33.3 Å². The van der Waals surface area contributed by atoms with Crippen molar-refractivity contribution in [2.45, 2.75) is 6.04 Å². The molecule has 1 aromatic heterocycles. The molecule has 1 N–H and O–H groups in total. The fourth-order valence-corrected chi connectivity index (χ4v) is 5.42. The van der Waals surface area contributed by atoms with Gasteiger partial charge in [0, 0.05) is 5.56 Å². The number of anilines is 1. The molecular weight excluding hydrogens is 508 g/mol. The highest BCUT2D eigenvalue weighted by Gasteiger charge is 2.48. The normalized spacial score (nSPS) is 16.6. The summed E-state index contributed by atoms with van der Waals surface area (Å²) in [7, 11) is 6.11. The van der Waals surface area contributed by atoms with E-state index in [2.05, 4.69) is 4.98 Å². The van der Waals surface area contributed by atoms with Crippen LogP contribution in [0.1, 0.15) is 17.2 Å². The first kappa shape index (κ1) is 25.1. The first-order valence-electron chi connectivity index (χ1n) is 11.5. The minimum atomic E-state index is -0.973. The summed E-state index contributed by atoms with van der Waals surface area (Å²) in [6.45, 7) is 0. The highest BCUT2D eigenvalue weighted by Crippen LogP contribution is 2.46. The number of nitrogens with zero attached hydrogens (tertiary/aromatic N) is 2. The van der Waals surface area contributed by atoms with Crippen molar-refractivity contribution in [3.05, 3.63) is 77.4 Å². The number of aromatic nitrogens is 1. The van der Waals surface area contributed by atoms with Gasteiger partial charge in [-0.1, -0.05) is 17.4 Å². The lowest BCUT2D eigenvalue weighted by molar-refractivity contribution is -0.132. The predicted molar refractivity (Wildman–Crippen MR) is 143 cm³/mol. The smallest absolute Gasteiger partial charge is 0.301 e. The van der Waals surface area contributed by atoms with Crippen LogP contribution in [0.3, 0.4) is 0 Å². The molecule has 9 nitrogen and oxygen atoms in total. The van der Waals surface area contributed by atoms with Gasteiger partial charge < -0.3 is 24.1 Å². The lowest BCUT2D eigenvalue weighted by Crippen LogP contribution is -2.29. The molecule has 5 rings (SSSR count). The quantitative estimate of drug-likeness (QED) is 0.202. The maximum absolute atomic E-state index is 13.5. The molecule has 1 amide bonds. The Labute approximate surface area is 222 Å². The second kappa shape index (κ2) is 10.1. The summed E-state index contributed by atoms with van der Waals surface area (Å²) < 4.78 is 22.1. The summed E-state index contributed by atoms with van der Waals surface area (Å²) in [6.07, 6.45) is 0. The number of carbonyl (C=O) groups excluding carboxylic acids is 2. The van der Waals surface area contributed by atoms with E-state index in [1.807, 2.05) is 6.07 Å². The highest BCUT2D eigenvalue weighted by molar-refractivity contribution is 7.22. The predicted octanol–water partition coefficient (Wildman–Crippen LogP) is 4.96. The average Bonchev–Trinajstić information content (AvgIpc) is 3.49. The van der Waals surface area contributed by atoms with E-state index in [9.17, 15) is 14.7 Å². The minimum absolute atomic E-state index is 0.0655. The number of hydrogen-bond donors (Lipinski definition) is 1. The number of Topliss-reactive ketones (excluding diaryl/α,β-unsaturated/α-hetero) is 1. The fourth-order valence-electron chi connectivity index (χ4n) is 4.40. The standard InChI is InChI=1S/C28H24N2O7S/c1-34-17-8-5-15(6-9-17)25(31)23-24(16-7-12-20(36-3)21(13-16)37-4)30(27(33)26(23)32)28-29-19-11-10-18(35-2)14-22(19)38-28/h5-14,24,31H,1-4H3. The number of aliphatic hydroxyl groups excluding tert-OH is 1. The summed E-state index contributed by atoms with van der Waals surface area (Å²) >= 11 is 1.25. The number of ketones is 1. The van der Waals surface area contributed by atoms with Crippen molar-refractivity contribution < 1.29 is 33.6 Å². The molecule has 38 heavy (non-hydrogen) atoms. The number of carbonyl (C=O) groups is 2. The van der Waals surface area contributed by atoms with Gasteiger partial charge in [0.05, 0.1) is 50.3 Å². The first-order chi connectivity index (χ1) is 18.4. The van der Waals surface area contributed by atoms with Gasteiger partial charge in [0.1, 0.15) is 17.3 Å². The van der Waals surface area contributed by atoms with E-state index in [-0.39, 0.29) is 11.3 Å². The minimum Gasteiger partial charge on any atom is -0.507 e. The lowest BCUT2D eigenvalue weighted by atomic mass is 9.95. The van der Waals surface area contributed by atoms with Crippen molar-refractivity contribution in [3.8, 4) is 23.0 Å². The van der Waals surface area contributed by atoms with Crippen LogP contribution in [0.15, 0.2) is 66.2 Å². The van der Waals surface area contributed by atoms with E-state index < -0.39 is 17.7 Å². The number of fused-ring (bicyclic) bond motifs is 1. The van der Waals surface area contributed by atoms with E-state index in [0.717, 1.165) is 4.70 Å². The molecule has 1 saturated heterocycles. The average molecular weight is 533 g/mol. The molecule has 1 atom stereocenters. The Hall–Kier alpha value is -4.57. The molecular formula is C28H24N2O7S. The SMILES string of the molecule is COc1ccc(C(O)=C2C(=O)C(=O)N(c3nc4ccc(OC)cc4s3)C2c2ccc(OC)c(OC)c2)cc1. The Morgan fingerprint density at radius 1 is 0.842 bits per heavy atom. The molecule has 1 aliphatic rings. The van der Waals surface area contributed by atoms with Crippen LogP contribution in [-0.4, -0.2) is 50.2 Å². The van der Waals surface area contributed by atoms with Crippen molar-refractivity contribution >= 4 is 44.1 Å². The number of ether oxygens (including phenoxy) is 4. The van der Waals surface area contributed by atoms with Gasteiger partial charge in [-0.2, -0.15) is 0 Å². The van der Waals surface area contributed by atoms with Gasteiger partial charge in [-0.25, -0.2) is 4.98 Å². The molecule has 194 valence electrons. The van der Waals surface area contributed by atoms with Crippen LogP contribution in [0.25, 0.3) is 16.0 Å². The van der Waals surface area contributed by atoms with E-state index >= 15 is 0 Å². The molecule has 0 bridgehead atoms. The number of rotatable bonds is 7. The molecule has 0 aliphatic carbocycles. The number of benzene rings is 3. The second-order valence-electron chi connectivity index (χ2n) is 8.34. The Morgan fingerprint density at radius 3 is 2.18 bits per heavy atom. The third-order valence-electron chi connectivity index (χ3n) is 6.32. The molecule has 0 spiro atoms. The summed E-state index contributed by atoms with van der Waals surface area (Å²) in [4.78, 5) is 32.9. The third kappa shape index (κ3) is 4.18. The third-order valence-corrected chi connectivity index (χ3v) is 7.34. The topological polar surface area (TPSA) is 107 Å². The van der Waals surface area contributed by atoms with Crippen molar-refractivity contribution in [1.29, 1.82) is 0 Å². The van der Waals surface area contributed by atoms with E-state index in [0.29, 0.717) is 44.8 Å². The van der Waals surface area contributed by atoms with Gasteiger partial charge in [-0.05, 0) is 60.2 Å². The monoisotopic (exact) mass is 532 g/mol. The molecule has 4 aromatic rings.